The van der Waals surface area contributed by atoms with Crippen LogP contribution in [0.5, 0.6) is 5.75 Å². The van der Waals surface area contributed by atoms with Crippen molar-refractivity contribution in [2.75, 3.05) is 7.11 Å². The van der Waals surface area contributed by atoms with Gasteiger partial charge in [-0.1, -0.05) is 17.7 Å². The molecule has 21 heavy (non-hydrogen) atoms. The van der Waals surface area contributed by atoms with Gasteiger partial charge in [0.1, 0.15) is 5.75 Å². The van der Waals surface area contributed by atoms with Gasteiger partial charge < -0.3 is 9.84 Å². The minimum Gasteiger partial charge on any atom is -0.495 e. The molecule has 1 aromatic carbocycles. The topological polar surface area (TPSA) is 47.3 Å². The van der Waals surface area contributed by atoms with Gasteiger partial charge in [0.15, 0.2) is 0 Å². The lowest BCUT2D eigenvalue weighted by Crippen LogP contribution is -2.09. The molecule has 114 valence electrons. The normalized spacial score (nSPS) is 12.5. The number of rotatable bonds is 5. The van der Waals surface area contributed by atoms with Gasteiger partial charge in [-0.3, -0.25) is 4.68 Å². The van der Waals surface area contributed by atoms with Crippen LogP contribution in [0.25, 0.3) is 0 Å². The van der Waals surface area contributed by atoms with Crippen molar-refractivity contribution in [2.45, 2.75) is 32.9 Å². The molecule has 1 heterocycles. The van der Waals surface area contributed by atoms with E-state index in [1.807, 2.05) is 24.6 Å². The van der Waals surface area contributed by atoms with Crippen molar-refractivity contribution in [3.63, 3.8) is 0 Å². The van der Waals surface area contributed by atoms with Crippen LogP contribution in [-0.4, -0.2) is 22.0 Å². The summed E-state index contributed by atoms with van der Waals surface area (Å²) in [5.41, 5.74) is 2.66. The molecule has 2 aromatic rings. The summed E-state index contributed by atoms with van der Waals surface area (Å²) in [7, 11) is 1.57. The van der Waals surface area contributed by atoms with Crippen molar-refractivity contribution < 1.29 is 9.84 Å². The van der Waals surface area contributed by atoms with E-state index in [0.717, 1.165) is 28.0 Å². The Morgan fingerprint density at radius 2 is 2.19 bits per heavy atom. The molecule has 0 fully saturated rings. The molecule has 1 aromatic heterocycles. The molecular weight excluding hydrogens is 356 g/mol. The molecule has 0 aliphatic carbocycles. The standard InChI is InChI=1S/C15H18BrClN2O2/c1-4-19-12(15(16)9(2)18-19)8-13(20)10-5-6-14(21-3)11(17)7-10/h5-7,13,20H,4,8H2,1-3H3. The number of halogens is 2. The van der Waals surface area contributed by atoms with E-state index in [1.165, 1.54) is 0 Å². The predicted octanol–water partition coefficient (Wildman–Crippen LogP) is 3.91. The van der Waals surface area contributed by atoms with Crippen LogP contribution >= 0.6 is 27.5 Å². The number of aliphatic hydroxyl groups is 1. The van der Waals surface area contributed by atoms with Crippen molar-refractivity contribution in [3.8, 4) is 5.75 Å². The van der Waals surface area contributed by atoms with Crippen molar-refractivity contribution in [1.82, 2.24) is 9.78 Å². The number of hydrogen-bond donors (Lipinski definition) is 1. The second kappa shape index (κ2) is 6.81. The van der Waals surface area contributed by atoms with Crippen molar-refractivity contribution >= 4 is 27.5 Å². The quantitative estimate of drug-likeness (QED) is 0.864. The van der Waals surface area contributed by atoms with Crippen LogP contribution in [0.3, 0.4) is 0 Å². The Morgan fingerprint density at radius 3 is 2.76 bits per heavy atom. The Balaban J connectivity index is 2.25. The molecule has 0 spiro atoms. The molecular formula is C15H18BrClN2O2. The molecule has 1 unspecified atom stereocenters. The molecule has 0 bridgehead atoms. The first-order valence-electron chi connectivity index (χ1n) is 6.71. The van der Waals surface area contributed by atoms with Gasteiger partial charge in [0.05, 0.1) is 34.1 Å². The number of hydrogen-bond acceptors (Lipinski definition) is 3. The third-order valence-corrected chi connectivity index (χ3v) is 4.73. The zero-order chi connectivity index (χ0) is 15.6. The molecule has 0 amide bonds. The fourth-order valence-electron chi connectivity index (χ4n) is 2.25. The van der Waals surface area contributed by atoms with E-state index in [1.54, 1.807) is 19.2 Å². The number of benzene rings is 1. The Labute approximate surface area is 137 Å². The Morgan fingerprint density at radius 1 is 1.48 bits per heavy atom. The number of aryl methyl sites for hydroxylation is 2. The summed E-state index contributed by atoms with van der Waals surface area (Å²) < 4.78 is 7.97. The lowest BCUT2D eigenvalue weighted by Gasteiger charge is -2.14. The molecule has 0 saturated carbocycles. The number of methoxy groups -OCH3 is 1. The lowest BCUT2D eigenvalue weighted by atomic mass is 10.0. The van der Waals surface area contributed by atoms with E-state index in [0.29, 0.717) is 17.2 Å². The first-order chi connectivity index (χ1) is 9.97. The minimum absolute atomic E-state index is 0.470. The summed E-state index contributed by atoms with van der Waals surface area (Å²) in [5, 5.41) is 15.4. The summed E-state index contributed by atoms with van der Waals surface area (Å²) in [6.45, 7) is 4.73. The number of aliphatic hydroxyl groups excluding tert-OH is 1. The highest BCUT2D eigenvalue weighted by molar-refractivity contribution is 9.10. The third-order valence-electron chi connectivity index (χ3n) is 3.40. The second-order valence-electron chi connectivity index (χ2n) is 4.78. The third kappa shape index (κ3) is 3.42. The van der Waals surface area contributed by atoms with Gasteiger partial charge in [-0.2, -0.15) is 5.10 Å². The van der Waals surface area contributed by atoms with E-state index in [4.69, 9.17) is 16.3 Å². The molecule has 6 heteroatoms. The number of nitrogens with zero attached hydrogens (tertiary/aromatic N) is 2. The highest BCUT2D eigenvalue weighted by atomic mass is 79.9. The maximum atomic E-state index is 10.5. The molecule has 1 atom stereocenters. The van der Waals surface area contributed by atoms with Crippen LogP contribution in [-0.2, 0) is 13.0 Å². The van der Waals surface area contributed by atoms with Crippen molar-refractivity contribution in [1.29, 1.82) is 0 Å². The number of ether oxygens (including phenoxy) is 1. The van der Waals surface area contributed by atoms with E-state index < -0.39 is 6.10 Å². The zero-order valence-corrected chi connectivity index (χ0v) is 14.6. The van der Waals surface area contributed by atoms with E-state index in [-0.39, 0.29) is 0 Å². The Bertz CT molecular complexity index is 643. The van der Waals surface area contributed by atoms with E-state index in [9.17, 15) is 5.11 Å². The van der Waals surface area contributed by atoms with Gasteiger partial charge in [0, 0.05) is 13.0 Å². The molecule has 2 rings (SSSR count). The molecule has 0 radical (unpaired) electrons. The van der Waals surface area contributed by atoms with Gasteiger partial charge in [-0.25, -0.2) is 0 Å². The highest BCUT2D eigenvalue weighted by Gasteiger charge is 2.18. The average Bonchev–Trinajstić information content (AvgIpc) is 2.74. The maximum absolute atomic E-state index is 10.5. The average molecular weight is 374 g/mol. The Hall–Kier alpha value is -1.04. The fourth-order valence-corrected chi connectivity index (χ4v) is 2.97. The monoisotopic (exact) mass is 372 g/mol. The summed E-state index contributed by atoms with van der Waals surface area (Å²) >= 11 is 9.65. The largest absolute Gasteiger partial charge is 0.495 e. The van der Waals surface area contributed by atoms with Crippen LogP contribution in [0.1, 0.15) is 30.0 Å². The predicted molar refractivity (Wildman–Crippen MR) is 87.0 cm³/mol. The molecule has 1 N–H and O–H groups in total. The van der Waals surface area contributed by atoms with Gasteiger partial charge in [-0.15, -0.1) is 0 Å². The zero-order valence-electron chi connectivity index (χ0n) is 12.2. The van der Waals surface area contributed by atoms with Crippen LogP contribution in [0.4, 0.5) is 0 Å². The van der Waals surface area contributed by atoms with E-state index >= 15 is 0 Å². The van der Waals surface area contributed by atoms with Gasteiger partial charge >= 0.3 is 0 Å². The van der Waals surface area contributed by atoms with Crippen molar-refractivity contribution in [2.24, 2.45) is 0 Å². The first kappa shape index (κ1) is 16.3. The summed E-state index contributed by atoms with van der Waals surface area (Å²) in [4.78, 5) is 0. The number of aromatic nitrogens is 2. The SMILES string of the molecule is CCn1nc(C)c(Br)c1CC(O)c1ccc(OC)c(Cl)c1. The summed E-state index contributed by atoms with van der Waals surface area (Å²) in [6.07, 6.45) is -0.177. The van der Waals surface area contributed by atoms with E-state index in [2.05, 4.69) is 21.0 Å². The van der Waals surface area contributed by atoms with Crippen LogP contribution < -0.4 is 4.74 Å². The maximum Gasteiger partial charge on any atom is 0.137 e. The Kier molecular flexibility index (Phi) is 5.30. The van der Waals surface area contributed by atoms with Crippen LogP contribution in [0, 0.1) is 6.92 Å². The first-order valence-corrected chi connectivity index (χ1v) is 7.88. The molecule has 0 saturated heterocycles. The second-order valence-corrected chi connectivity index (χ2v) is 5.98. The fraction of sp³-hybridized carbons (Fsp3) is 0.400. The lowest BCUT2D eigenvalue weighted by molar-refractivity contribution is 0.175. The summed E-state index contributed by atoms with van der Waals surface area (Å²) in [6, 6.07) is 5.32. The van der Waals surface area contributed by atoms with Gasteiger partial charge in [0.25, 0.3) is 0 Å². The molecule has 0 aliphatic heterocycles. The van der Waals surface area contributed by atoms with Gasteiger partial charge in [0.2, 0.25) is 0 Å². The smallest absolute Gasteiger partial charge is 0.137 e. The van der Waals surface area contributed by atoms with Crippen LogP contribution in [0.2, 0.25) is 5.02 Å². The molecule has 0 aliphatic rings. The van der Waals surface area contributed by atoms with Gasteiger partial charge in [-0.05, 0) is 47.5 Å². The highest BCUT2D eigenvalue weighted by Crippen LogP contribution is 2.31. The molecule has 4 nitrogen and oxygen atoms in total. The van der Waals surface area contributed by atoms with Crippen molar-refractivity contribution in [3.05, 3.63) is 44.6 Å². The van der Waals surface area contributed by atoms with Crippen LogP contribution in [0.15, 0.2) is 22.7 Å². The minimum atomic E-state index is -0.647. The summed E-state index contributed by atoms with van der Waals surface area (Å²) in [5.74, 6) is 0.600.